The van der Waals surface area contributed by atoms with Crippen LogP contribution in [0.15, 0.2) is 18.2 Å². The second-order valence-electron chi connectivity index (χ2n) is 5.06. The number of aryl methyl sites for hydroxylation is 1. The van der Waals surface area contributed by atoms with Crippen LogP contribution in [0.4, 0.5) is 0 Å². The summed E-state index contributed by atoms with van der Waals surface area (Å²) in [5, 5.41) is 3.05. The molecule has 0 amide bonds. The molecule has 0 fully saturated rings. The molecule has 0 saturated carbocycles. The fourth-order valence-corrected chi connectivity index (χ4v) is 2.21. The van der Waals surface area contributed by atoms with Crippen LogP contribution in [0.3, 0.4) is 0 Å². The van der Waals surface area contributed by atoms with Crippen LogP contribution in [0, 0.1) is 6.92 Å². The van der Waals surface area contributed by atoms with Crippen molar-refractivity contribution in [1.29, 1.82) is 0 Å². The van der Waals surface area contributed by atoms with Crippen molar-refractivity contribution in [3.05, 3.63) is 29.3 Å². The van der Waals surface area contributed by atoms with Gasteiger partial charge in [-0.05, 0) is 37.6 Å². The normalized spacial score (nSPS) is 11.8. The molecule has 0 aliphatic rings. The molecule has 6 nitrogen and oxygen atoms in total. The fraction of sp³-hybridized carbons (Fsp3) is 0.529. The van der Waals surface area contributed by atoms with Gasteiger partial charge in [0.25, 0.3) is 0 Å². The summed E-state index contributed by atoms with van der Waals surface area (Å²) in [6.07, 6.45) is -0.0124. The van der Waals surface area contributed by atoms with E-state index < -0.39 is 12.0 Å². The molecular weight excluding hydrogens is 298 g/mol. The van der Waals surface area contributed by atoms with Gasteiger partial charge in [-0.3, -0.25) is 9.59 Å². The van der Waals surface area contributed by atoms with E-state index in [4.69, 9.17) is 14.2 Å². The van der Waals surface area contributed by atoms with E-state index in [1.54, 1.807) is 39.3 Å². The Labute approximate surface area is 137 Å². The van der Waals surface area contributed by atoms with Gasteiger partial charge in [-0.1, -0.05) is 0 Å². The molecule has 1 aromatic carbocycles. The van der Waals surface area contributed by atoms with Crippen LogP contribution in [0.25, 0.3) is 0 Å². The first kappa shape index (κ1) is 19.1. The molecule has 0 aliphatic heterocycles. The summed E-state index contributed by atoms with van der Waals surface area (Å²) in [4.78, 5) is 24.4. The molecule has 1 atom stereocenters. The molecule has 0 heterocycles. The molecule has 6 heteroatoms. The Hall–Kier alpha value is -1.92. The highest BCUT2D eigenvalue weighted by atomic mass is 16.5. The van der Waals surface area contributed by atoms with Gasteiger partial charge in [-0.25, -0.2) is 0 Å². The molecular formula is C17H25NO5. The van der Waals surface area contributed by atoms with Gasteiger partial charge >= 0.3 is 5.97 Å². The van der Waals surface area contributed by atoms with Crippen molar-refractivity contribution >= 4 is 11.8 Å². The van der Waals surface area contributed by atoms with E-state index in [0.29, 0.717) is 25.3 Å². The van der Waals surface area contributed by atoms with Crippen molar-refractivity contribution in [1.82, 2.24) is 5.32 Å². The van der Waals surface area contributed by atoms with E-state index in [9.17, 15) is 9.59 Å². The first-order chi connectivity index (χ1) is 11.0. The Bertz CT molecular complexity index is 530. The van der Waals surface area contributed by atoms with E-state index in [0.717, 1.165) is 11.3 Å². The number of carbonyl (C=O) groups is 2. The van der Waals surface area contributed by atoms with Crippen molar-refractivity contribution in [2.75, 3.05) is 34.0 Å². The zero-order valence-corrected chi connectivity index (χ0v) is 14.2. The van der Waals surface area contributed by atoms with Crippen LogP contribution in [0.1, 0.15) is 29.3 Å². The smallest absolute Gasteiger partial charge is 0.307 e. The summed E-state index contributed by atoms with van der Waals surface area (Å²) in [6.45, 7) is 4.82. The van der Waals surface area contributed by atoms with E-state index in [1.807, 2.05) is 6.92 Å². The van der Waals surface area contributed by atoms with E-state index in [-0.39, 0.29) is 12.2 Å². The average Bonchev–Trinajstić information content (AvgIpc) is 2.53. The summed E-state index contributed by atoms with van der Waals surface area (Å²) in [5.74, 6) is 0.164. The Morgan fingerprint density at radius 3 is 2.57 bits per heavy atom. The summed E-state index contributed by atoms with van der Waals surface area (Å²) in [6, 6.07) is 4.57. The lowest BCUT2D eigenvalue weighted by Gasteiger charge is -2.17. The van der Waals surface area contributed by atoms with Crippen LogP contribution in [0.5, 0.6) is 5.75 Å². The fourth-order valence-electron chi connectivity index (χ4n) is 2.21. The van der Waals surface area contributed by atoms with Gasteiger partial charge in [-0.2, -0.15) is 0 Å². The van der Waals surface area contributed by atoms with Gasteiger partial charge < -0.3 is 19.5 Å². The predicted octanol–water partition coefficient (Wildman–Crippen LogP) is 1.74. The number of esters is 1. The number of benzene rings is 1. The number of rotatable bonds is 10. The largest absolute Gasteiger partial charge is 0.496 e. The summed E-state index contributed by atoms with van der Waals surface area (Å²) < 4.78 is 15.1. The maximum Gasteiger partial charge on any atom is 0.307 e. The molecule has 128 valence electrons. The van der Waals surface area contributed by atoms with E-state index >= 15 is 0 Å². The predicted molar refractivity (Wildman–Crippen MR) is 87.0 cm³/mol. The number of ether oxygens (including phenoxy) is 3. The highest BCUT2D eigenvalue weighted by Gasteiger charge is 2.23. The van der Waals surface area contributed by atoms with Crippen molar-refractivity contribution < 1.29 is 23.8 Å². The molecule has 0 aliphatic carbocycles. The quantitative estimate of drug-likeness (QED) is 0.402. The molecule has 23 heavy (non-hydrogen) atoms. The number of hydrogen-bond donors (Lipinski definition) is 1. The van der Waals surface area contributed by atoms with Gasteiger partial charge in [0.2, 0.25) is 0 Å². The Morgan fingerprint density at radius 2 is 2.00 bits per heavy atom. The number of carbonyl (C=O) groups excluding carboxylic acids is 2. The second-order valence-corrected chi connectivity index (χ2v) is 5.06. The lowest BCUT2D eigenvalue weighted by atomic mass is 9.99. The number of ketones is 1. The molecule has 0 saturated heterocycles. The molecule has 0 radical (unpaired) electrons. The zero-order valence-electron chi connectivity index (χ0n) is 14.2. The van der Waals surface area contributed by atoms with Crippen molar-refractivity contribution in [2.24, 2.45) is 0 Å². The van der Waals surface area contributed by atoms with Crippen molar-refractivity contribution in [2.45, 2.75) is 26.3 Å². The summed E-state index contributed by atoms with van der Waals surface area (Å²) in [5.41, 5.74) is 1.40. The standard InChI is InChI=1S/C17H25NO5/c1-5-23-16(19)11-14(18-8-9-21-3)17(20)13-6-7-15(22-4)12(2)10-13/h6-7,10,14,18H,5,8-9,11H2,1-4H3. The number of hydrogen-bond acceptors (Lipinski definition) is 6. The molecule has 1 N–H and O–H groups in total. The lowest BCUT2D eigenvalue weighted by Crippen LogP contribution is -2.40. The molecule has 1 rings (SSSR count). The number of nitrogens with one attached hydrogen (secondary N) is 1. The highest BCUT2D eigenvalue weighted by Crippen LogP contribution is 2.20. The van der Waals surface area contributed by atoms with Crippen LogP contribution >= 0.6 is 0 Å². The van der Waals surface area contributed by atoms with Gasteiger partial charge in [0.1, 0.15) is 5.75 Å². The topological polar surface area (TPSA) is 73.9 Å². The van der Waals surface area contributed by atoms with Crippen LogP contribution in [-0.4, -0.2) is 51.8 Å². The summed E-state index contributed by atoms with van der Waals surface area (Å²) >= 11 is 0. The van der Waals surface area contributed by atoms with Crippen LogP contribution < -0.4 is 10.1 Å². The van der Waals surface area contributed by atoms with Gasteiger partial charge in [0, 0.05) is 19.2 Å². The Morgan fingerprint density at radius 1 is 1.26 bits per heavy atom. The van der Waals surface area contributed by atoms with Crippen molar-refractivity contribution in [3.8, 4) is 5.75 Å². The van der Waals surface area contributed by atoms with Gasteiger partial charge in [-0.15, -0.1) is 0 Å². The zero-order chi connectivity index (χ0) is 17.2. The van der Waals surface area contributed by atoms with Crippen molar-refractivity contribution in [3.63, 3.8) is 0 Å². The maximum absolute atomic E-state index is 12.7. The Kier molecular flexibility index (Phi) is 8.29. The van der Waals surface area contributed by atoms with Crippen LogP contribution in [0.2, 0.25) is 0 Å². The minimum absolute atomic E-state index is 0.0124. The first-order valence-electron chi connectivity index (χ1n) is 7.60. The first-order valence-corrected chi connectivity index (χ1v) is 7.60. The molecule has 0 bridgehead atoms. The number of methoxy groups -OCH3 is 2. The SMILES string of the molecule is CCOC(=O)CC(NCCOC)C(=O)c1ccc(OC)c(C)c1. The van der Waals surface area contributed by atoms with Gasteiger partial charge in [0.05, 0.1) is 32.8 Å². The van der Waals surface area contributed by atoms with Gasteiger partial charge in [0.15, 0.2) is 5.78 Å². The maximum atomic E-state index is 12.7. The molecule has 1 unspecified atom stereocenters. The third-order valence-electron chi connectivity index (χ3n) is 3.37. The number of Topliss-reactive ketones (excluding diaryl/α,β-unsaturated/α-hetero) is 1. The average molecular weight is 323 g/mol. The monoisotopic (exact) mass is 323 g/mol. The third kappa shape index (κ3) is 6.00. The Balaban J connectivity index is 2.88. The van der Waals surface area contributed by atoms with E-state index in [1.165, 1.54) is 0 Å². The minimum Gasteiger partial charge on any atom is -0.496 e. The molecule has 0 spiro atoms. The minimum atomic E-state index is -0.642. The summed E-state index contributed by atoms with van der Waals surface area (Å²) in [7, 11) is 3.16. The third-order valence-corrected chi connectivity index (χ3v) is 3.37. The van der Waals surface area contributed by atoms with Crippen LogP contribution in [-0.2, 0) is 14.3 Å². The second kappa shape index (κ2) is 9.97. The highest BCUT2D eigenvalue weighted by molar-refractivity contribution is 6.02. The van der Waals surface area contributed by atoms with E-state index in [2.05, 4.69) is 5.32 Å². The molecule has 0 aromatic heterocycles. The lowest BCUT2D eigenvalue weighted by molar-refractivity contribution is -0.143. The molecule has 1 aromatic rings.